The number of hydrogen-bond acceptors (Lipinski definition) is 4. The number of ether oxygens (including phenoxy) is 2. The van der Waals surface area contributed by atoms with Gasteiger partial charge in [-0.2, -0.15) is 0 Å². The van der Waals surface area contributed by atoms with Crippen LogP contribution in [0.1, 0.15) is 22.5 Å². The van der Waals surface area contributed by atoms with Gasteiger partial charge < -0.3 is 9.47 Å². The summed E-state index contributed by atoms with van der Waals surface area (Å²) in [5.41, 5.74) is 0.964. The van der Waals surface area contributed by atoms with Gasteiger partial charge in [-0.05, 0) is 12.1 Å². The molecule has 0 N–H and O–H groups in total. The number of aldehydes is 1. The molecule has 2 heterocycles. The zero-order valence-corrected chi connectivity index (χ0v) is 6.71. The molecule has 0 aliphatic carbocycles. The minimum Gasteiger partial charge on any atom is -0.454 e. The fraction of sp³-hybridized carbons (Fsp3) is 0.111. The Kier molecular flexibility index (Phi) is 1.96. The molecule has 0 spiro atoms. The van der Waals surface area contributed by atoms with Gasteiger partial charge in [-0.25, -0.2) is 4.98 Å². The Bertz CT molecular complexity index is 340. The van der Waals surface area contributed by atoms with Crippen LogP contribution in [0.15, 0.2) is 30.7 Å². The highest BCUT2D eigenvalue weighted by atomic mass is 16.7. The molecule has 0 aromatic carbocycles. The third kappa shape index (κ3) is 1.51. The second-order valence-corrected chi connectivity index (χ2v) is 2.48. The number of rotatable bonds is 2. The average molecular weight is 177 g/mol. The first-order chi connectivity index (χ1) is 6.40. The van der Waals surface area contributed by atoms with E-state index in [0.717, 1.165) is 0 Å². The number of aromatic nitrogens is 1. The van der Waals surface area contributed by atoms with Crippen LogP contribution < -0.4 is 0 Å². The van der Waals surface area contributed by atoms with E-state index in [0.29, 0.717) is 17.7 Å². The highest BCUT2D eigenvalue weighted by Gasteiger charge is 2.16. The minimum absolute atomic E-state index is 0.372. The Morgan fingerprint density at radius 2 is 2.08 bits per heavy atom. The number of pyridine rings is 1. The summed E-state index contributed by atoms with van der Waals surface area (Å²) >= 11 is 0. The maximum Gasteiger partial charge on any atom is 0.283 e. The lowest BCUT2D eigenvalue weighted by molar-refractivity contribution is -0.0279. The van der Waals surface area contributed by atoms with Crippen molar-refractivity contribution in [3.63, 3.8) is 0 Å². The van der Waals surface area contributed by atoms with E-state index >= 15 is 0 Å². The normalized spacial score (nSPS) is 15.1. The van der Waals surface area contributed by atoms with E-state index in [4.69, 9.17) is 9.47 Å². The van der Waals surface area contributed by atoms with Gasteiger partial charge in [0.25, 0.3) is 6.29 Å². The zero-order chi connectivity index (χ0) is 9.10. The van der Waals surface area contributed by atoms with Crippen molar-refractivity contribution in [2.45, 2.75) is 6.29 Å². The maximum absolute atomic E-state index is 10.4. The summed E-state index contributed by atoms with van der Waals surface area (Å²) in [6.45, 7) is 0. The lowest BCUT2D eigenvalue weighted by Gasteiger charge is -2.08. The number of nitrogens with zero attached hydrogens (tertiary/aromatic N) is 1. The Morgan fingerprint density at radius 3 is 2.77 bits per heavy atom. The van der Waals surface area contributed by atoms with Gasteiger partial charge in [0.1, 0.15) is 23.9 Å². The lowest BCUT2D eigenvalue weighted by Crippen LogP contribution is -2.02. The molecule has 4 nitrogen and oxygen atoms in total. The summed E-state index contributed by atoms with van der Waals surface area (Å²) in [4.78, 5) is 14.4. The molecule has 1 aromatic rings. The topological polar surface area (TPSA) is 48.4 Å². The van der Waals surface area contributed by atoms with Crippen LogP contribution in [0.25, 0.3) is 0 Å². The predicted octanol–water partition coefficient (Wildman–Crippen LogP) is 1.41. The van der Waals surface area contributed by atoms with Crippen LogP contribution in [0, 0.1) is 0 Å². The van der Waals surface area contributed by atoms with Gasteiger partial charge in [0.2, 0.25) is 0 Å². The molecule has 4 heteroatoms. The van der Waals surface area contributed by atoms with Crippen molar-refractivity contribution in [2.75, 3.05) is 0 Å². The molecule has 0 fully saturated rings. The molecule has 2 rings (SSSR count). The molecule has 0 unspecified atom stereocenters. The van der Waals surface area contributed by atoms with E-state index in [1.165, 1.54) is 12.5 Å². The fourth-order valence-electron chi connectivity index (χ4n) is 1.04. The molecule has 0 bridgehead atoms. The largest absolute Gasteiger partial charge is 0.454 e. The van der Waals surface area contributed by atoms with E-state index in [1.54, 1.807) is 18.2 Å². The lowest BCUT2D eigenvalue weighted by atomic mass is 10.3. The fourth-order valence-corrected chi connectivity index (χ4v) is 1.04. The number of hydrogen-bond donors (Lipinski definition) is 0. The summed E-state index contributed by atoms with van der Waals surface area (Å²) in [5.74, 6) is 0. The first-order valence-electron chi connectivity index (χ1n) is 3.78. The molecule has 1 aliphatic rings. The van der Waals surface area contributed by atoms with Crippen molar-refractivity contribution in [3.8, 4) is 0 Å². The van der Waals surface area contributed by atoms with Crippen molar-refractivity contribution in [2.24, 2.45) is 0 Å². The Morgan fingerprint density at radius 1 is 1.31 bits per heavy atom. The summed E-state index contributed by atoms with van der Waals surface area (Å²) in [7, 11) is 0. The van der Waals surface area contributed by atoms with Gasteiger partial charge in [-0.3, -0.25) is 4.79 Å². The van der Waals surface area contributed by atoms with Gasteiger partial charge in [-0.15, -0.1) is 0 Å². The zero-order valence-electron chi connectivity index (χ0n) is 6.71. The van der Waals surface area contributed by atoms with E-state index in [9.17, 15) is 4.79 Å². The van der Waals surface area contributed by atoms with Gasteiger partial charge in [0.15, 0.2) is 6.29 Å². The first kappa shape index (κ1) is 7.79. The third-order valence-corrected chi connectivity index (χ3v) is 1.61. The van der Waals surface area contributed by atoms with E-state index in [1.807, 2.05) is 0 Å². The second-order valence-electron chi connectivity index (χ2n) is 2.48. The van der Waals surface area contributed by atoms with E-state index in [-0.39, 0.29) is 0 Å². The molecule has 1 aliphatic heterocycles. The van der Waals surface area contributed by atoms with Crippen LogP contribution in [0.3, 0.4) is 0 Å². The van der Waals surface area contributed by atoms with E-state index < -0.39 is 6.29 Å². The average Bonchev–Trinajstić information content (AvgIpc) is 2.71. The number of carbonyl (C=O) groups is 1. The van der Waals surface area contributed by atoms with Crippen LogP contribution >= 0.6 is 0 Å². The van der Waals surface area contributed by atoms with Gasteiger partial charge >= 0.3 is 0 Å². The smallest absolute Gasteiger partial charge is 0.283 e. The van der Waals surface area contributed by atoms with Crippen molar-refractivity contribution in [1.82, 2.24) is 4.98 Å². The van der Waals surface area contributed by atoms with Gasteiger partial charge in [0.05, 0.1) is 0 Å². The molecular weight excluding hydrogens is 170 g/mol. The third-order valence-electron chi connectivity index (χ3n) is 1.61. The van der Waals surface area contributed by atoms with Crippen LogP contribution in [-0.2, 0) is 9.47 Å². The molecule has 0 amide bonds. The highest BCUT2D eigenvalue weighted by molar-refractivity contribution is 5.71. The quantitative estimate of drug-likeness (QED) is 0.641. The molecule has 0 atom stereocenters. The molecule has 1 aromatic heterocycles. The number of carbonyl (C=O) groups excluding carboxylic acids is 1. The summed E-state index contributed by atoms with van der Waals surface area (Å²) < 4.78 is 10.1. The molecule has 13 heavy (non-hydrogen) atoms. The van der Waals surface area contributed by atoms with Crippen molar-refractivity contribution < 1.29 is 14.3 Å². The molecule has 0 saturated heterocycles. The predicted molar refractivity (Wildman–Crippen MR) is 43.7 cm³/mol. The minimum atomic E-state index is -0.514. The Hall–Kier alpha value is -1.84. The monoisotopic (exact) mass is 177 g/mol. The van der Waals surface area contributed by atoms with Crippen LogP contribution in [0.2, 0.25) is 0 Å². The Balaban J connectivity index is 2.24. The summed E-state index contributed by atoms with van der Waals surface area (Å²) in [6.07, 6.45) is 3.06. The molecule has 0 saturated carbocycles. The van der Waals surface area contributed by atoms with Crippen LogP contribution in [0.5, 0.6) is 0 Å². The Labute approximate surface area is 74.8 Å². The SMILES string of the molecule is O=Cc1cccc(C2OC=CO2)n1. The van der Waals surface area contributed by atoms with Crippen LogP contribution in [-0.4, -0.2) is 11.3 Å². The van der Waals surface area contributed by atoms with Crippen molar-refractivity contribution in [3.05, 3.63) is 42.1 Å². The molecule has 66 valence electrons. The highest BCUT2D eigenvalue weighted by Crippen LogP contribution is 2.21. The summed E-state index contributed by atoms with van der Waals surface area (Å²) in [6, 6.07) is 5.10. The standard InChI is InChI=1S/C9H7NO3/c11-6-7-2-1-3-8(10-7)9-12-4-5-13-9/h1-6,9H. The summed E-state index contributed by atoms with van der Waals surface area (Å²) in [5, 5.41) is 0. The van der Waals surface area contributed by atoms with Crippen LogP contribution in [0.4, 0.5) is 0 Å². The van der Waals surface area contributed by atoms with Gasteiger partial charge in [0, 0.05) is 0 Å². The second kappa shape index (κ2) is 3.26. The van der Waals surface area contributed by atoms with Crippen molar-refractivity contribution >= 4 is 6.29 Å². The first-order valence-corrected chi connectivity index (χ1v) is 3.78. The van der Waals surface area contributed by atoms with Gasteiger partial charge in [-0.1, -0.05) is 6.07 Å². The molecule has 0 radical (unpaired) electrons. The molecular formula is C9H7NO3. The maximum atomic E-state index is 10.4. The van der Waals surface area contributed by atoms with E-state index in [2.05, 4.69) is 4.98 Å². The van der Waals surface area contributed by atoms with Crippen molar-refractivity contribution in [1.29, 1.82) is 0 Å².